The van der Waals surface area contributed by atoms with Gasteiger partial charge in [-0.25, -0.2) is 4.98 Å². The summed E-state index contributed by atoms with van der Waals surface area (Å²) in [5.74, 6) is -0.934. The Kier molecular flexibility index (Phi) is 3.42. The number of aromatic nitrogens is 1. The van der Waals surface area contributed by atoms with E-state index in [1.165, 1.54) is 18.3 Å². The van der Waals surface area contributed by atoms with Gasteiger partial charge in [-0.15, -0.1) is 0 Å². The number of primary amides is 1. The second-order valence-electron chi connectivity index (χ2n) is 3.84. The molecule has 0 bridgehead atoms. The molecule has 5 N–H and O–H groups in total. The molecule has 2 aromatic rings. The van der Waals surface area contributed by atoms with E-state index in [2.05, 4.69) is 10.3 Å². The summed E-state index contributed by atoms with van der Waals surface area (Å²) >= 11 is 0. The highest BCUT2D eigenvalue weighted by atomic mass is 16.2. The largest absolute Gasteiger partial charge is 0.397 e. The number of carbonyl (C=O) groups excluding carboxylic acids is 2. The van der Waals surface area contributed by atoms with Crippen molar-refractivity contribution in [2.45, 2.75) is 0 Å². The molecule has 1 heterocycles. The number of hydrogen-bond donors (Lipinski definition) is 3. The minimum atomic E-state index is -0.521. The molecule has 0 radical (unpaired) electrons. The van der Waals surface area contributed by atoms with Gasteiger partial charge in [0.25, 0.3) is 5.91 Å². The lowest BCUT2D eigenvalue weighted by molar-refractivity contribution is 0.0998. The first-order valence-electron chi connectivity index (χ1n) is 5.49. The van der Waals surface area contributed by atoms with E-state index in [0.717, 1.165) is 0 Å². The summed E-state index contributed by atoms with van der Waals surface area (Å²) in [5, 5.41) is 2.63. The van der Waals surface area contributed by atoms with Crippen LogP contribution in [0.2, 0.25) is 0 Å². The second kappa shape index (κ2) is 5.18. The standard InChI is InChI=1S/C13H12N4O2/c14-10-2-1-7-16-11(10)13(19)17-9-5-3-8(4-6-9)12(15)18/h1-7H,14H2,(H2,15,18)(H,17,19). The van der Waals surface area contributed by atoms with E-state index < -0.39 is 11.8 Å². The third-order valence-corrected chi connectivity index (χ3v) is 2.48. The minimum absolute atomic E-state index is 0.154. The summed E-state index contributed by atoms with van der Waals surface area (Å²) in [6, 6.07) is 9.46. The summed E-state index contributed by atoms with van der Waals surface area (Å²) in [4.78, 5) is 26.7. The molecule has 96 valence electrons. The van der Waals surface area contributed by atoms with E-state index in [1.54, 1.807) is 24.3 Å². The normalized spacial score (nSPS) is 9.89. The van der Waals surface area contributed by atoms with Gasteiger partial charge >= 0.3 is 0 Å². The number of nitrogens with two attached hydrogens (primary N) is 2. The Balaban J connectivity index is 2.15. The number of nitrogens with one attached hydrogen (secondary N) is 1. The number of nitrogen functional groups attached to an aromatic ring is 1. The Hall–Kier alpha value is -2.89. The highest BCUT2D eigenvalue weighted by Crippen LogP contribution is 2.13. The lowest BCUT2D eigenvalue weighted by atomic mass is 10.2. The van der Waals surface area contributed by atoms with Crippen molar-refractivity contribution in [3.05, 3.63) is 53.9 Å². The average Bonchev–Trinajstić information content (AvgIpc) is 2.39. The quantitative estimate of drug-likeness (QED) is 0.761. The number of hydrogen-bond acceptors (Lipinski definition) is 4. The predicted octanol–water partition coefficient (Wildman–Crippen LogP) is 1.01. The lowest BCUT2D eigenvalue weighted by Crippen LogP contribution is -2.16. The molecular weight excluding hydrogens is 244 g/mol. The molecule has 1 aromatic heterocycles. The number of pyridine rings is 1. The van der Waals surface area contributed by atoms with Gasteiger partial charge in [0, 0.05) is 17.4 Å². The van der Waals surface area contributed by atoms with Crippen LogP contribution in [0.4, 0.5) is 11.4 Å². The molecule has 0 aliphatic rings. The van der Waals surface area contributed by atoms with Crippen LogP contribution in [0, 0.1) is 0 Å². The van der Waals surface area contributed by atoms with Crippen molar-refractivity contribution in [2.24, 2.45) is 5.73 Å². The van der Waals surface area contributed by atoms with Crippen LogP contribution in [-0.4, -0.2) is 16.8 Å². The molecule has 0 aliphatic carbocycles. The highest BCUT2D eigenvalue weighted by molar-refractivity contribution is 6.06. The molecular formula is C13H12N4O2. The topological polar surface area (TPSA) is 111 Å². The molecule has 2 amide bonds. The molecule has 0 atom stereocenters. The zero-order chi connectivity index (χ0) is 13.8. The van der Waals surface area contributed by atoms with Crippen molar-refractivity contribution >= 4 is 23.2 Å². The molecule has 2 rings (SSSR count). The summed E-state index contributed by atoms with van der Waals surface area (Å²) in [5.41, 5.74) is 12.1. The minimum Gasteiger partial charge on any atom is -0.397 e. The predicted molar refractivity (Wildman–Crippen MR) is 71.6 cm³/mol. The number of amides is 2. The van der Waals surface area contributed by atoms with Crippen LogP contribution < -0.4 is 16.8 Å². The van der Waals surface area contributed by atoms with Crippen LogP contribution in [0.25, 0.3) is 0 Å². The van der Waals surface area contributed by atoms with Gasteiger partial charge in [-0.3, -0.25) is 9.59 Å². The fraction of sp³-hybridized carbons (Fsp3) is 0. The van der Waals surface area contributed by atoms with Crippen LogP contribution in [0.15, 0.2) is 42.6 Å². The summed E-state index contributed by atoms with van der Waals surface area (Å²) in [7, 11) is 0. The Morgan fingerprint density at radius 2 is 1.79 bits per heavy atom. The van der Waals surface area contributed by atoms with Crippen molar-refractivity contribution in [1.82, 2.24) is 4.98 Å². The zero-order valence-corrected chi connectivity index (χ0v) is 9.96. The van der Waals surface area contributed by atoms with Gasteiger partial charge in [0.2, 0.25) is 5.91 Å². The molecule has 0 saturated heterocycles. The first-order chi connectivity index (χ1) is 9.08. The summed E-state index contributed by atoms with van der Waals surface area (Å²) in [6.45, 7) is 0. The van der Waals surface area contributed by atoms with Gasteiger partial charge in [-0.2, -0.15) is 0 Å². The zero-order valence-electron chi connectivity index (χ0n) is 9.96. The first-order valence-corrected chi connectivity index (χ1v) is 5.49. The maximum atomic E-state index is 11.9. The molecule has 6 heteroatoms. The van der Waals surface area contributed by atoms with Crippen LogP contribution in [0.1, 0.15) is 20.8 Å². The number of rotatable bonds is 3. The van der Waals surface area contributed by atoms with E-state index in [-0.39, 0.29) is 5.69 Å². The number of anilines is 2. The van der Waals surface area contributed by atoms with Crippen LogP contribution >= 0.6 is 0 Å². The Labute approximate surface area is 109 Å². The molecule has 1 aromatic carbocycles. The summed E-state index contributed by atoms with van der Waals surface area (Å²) < 4.78 is 0. The Bertz CT molecular complexity index is 623. The van der Waals surface area contributed by atoms with E-state index in [1.807, 2.05) is 0 Å². The van der Waals surface area contributed by atoms with Crippen molar-refractivity contribution in [2.75, 3.05) is 11.1 Å². The van der Waals surface area contributed by atoms with E-state index >= 15 is 0 Å². The SMILES string of the molecule is NC(=O)c1ccc(NC(=O)c2ncccc2N)cc1. The van der Waals surface area contributed by atoms with Crippen molar-refractivity contribution < 1.29 is 9.59 Å². The third-order valence-electron chi connectivity index (χ3n) is 2.48. The van der Waals surface area contributed by atoms with E-state index in [9.17, 15) is 9.59 Å². The average molecular weight is 256 g/mol. The van der Waals surface area contributed by atoms with Gasteiger partial charge in [0.1, 0.15) is 0 Å². The Morgan fingerprint density at radius 3 is 2.37 bits per heavy atom. The van der Waals surface area contributed by atoms with Crippen molar-refractivity contribution in [3.63, 3.8) is 0 Å². The van der Waals surface area contributed by atoms with E-state index in [0.29, 0.717) is 16.9 Å². The van der Waals surface area contributed by atoms with Crippen LogP contribution in [0.3, 0.4) is 0 Å². The van der Waals surface area contributed by atoms with Gasteiger partial charge in [-0.05, 0) is 36.4 Å². The van der Waals surface area contributed by atoms with Crippen LogP contribution in [0.5, 0.6) is 0 Å². The van der Waals surface area contributed by atoms with Crippen molar-refractivity contribution in [1.29, 1.82) is 0 Å². The molecule has 0 saturated carbocycles. The number of carbonyl (C=O) groups is 2. The molecule has 6 nitrogen and oxygen atoms in total. The van der Waals surface area contributed by atoms with Gasteiger partial charge < -0.3 is 16.8 Å². The molecule has 0 spiro atoms. The number of nitrogens with zero attached hydrogens (tertiary/aromatic N) is 1. The fourth-order valence-corrected chi connectivity index (χ4v) is 1.52. The molecule has 19 heavy (non-hydrogen) atoms. The van der Waals surface area contributed by atoms with E-state index in [4.69, 9.17) is 11.5 Å². The highest BCUT2D eigenvalue weighted by Gasteiger charge is 2.11. The maximum Gasteiger partial charge on any atom is 0.276 e. The Morgan fingerprint density at radius 1 is 1.11 bits per heavy atom. The van der Waals surface area contributed by atoms with Gasteiger partial charge in [-0.1, -0.05) is 0 Å². The summed E-state index contributed by atoms with van der Waals surface area (Å²) in [6.07, 6.45) is 1.49. The lowest BCUT2D eigenvalue weighted by Gasteiger charge is -2.06. The van der Waals surface area contributed by atoms with Crippen molar-refractivity contribution in [3.8, 4) is 0 Å². The van der Waals surface area contributed by atoms with Gasteiger partial charge in [0.15, 0.2) is 5.69 Å². The third kappa shape index (κ3) is 2.86. The monoisotopic (exact) mass is 256 g/mol. The maximum absolute atomic E-state index is 11.9. The molecule has 0 aliphatic heterocycles. The molecule has 0 fully saturated rings. The van der Waals surface area contributed by atoms with Gasteiger partial charge in [0.05, 0.1) is 5.69 Å². The smallest absolute Gasteiger partial charge is 0.276 e. The molecule has 0 unspecified atom stereocenters. The second-order valence-corrected chi connectivity index (χ2v) is 3.84. The fourth-order valence-electron chi connectivity index (χ4n) is 1.52. The number of benzene rings is 1. The first kappa shape index (κ1) is 12.6. The van der Waals surface area contributed by atoms with Crippen LogP contribution in [-0.2, 0) is 0 Å².